The lowest BCUT2D eigenvalue weighted by atomic mass is 10.1. The summed E-state index contributed by atoms with van der Waals surface area (Å²) in [5.41, 5.74) is 4.19. The minimum atomic E-state index is -4.77. The number of ether oxygens (including phenoxy) is 2. The Kier molecular flexibility index (Phi) is 7.22. The molecule has 0 atom stereocenters. The summed E-state index contributed by atoms with van der Waals surface area (Å²) in [6, 6.07) is 13.6. The number of alkyl halides is 3. The Morgan fingerprint density at radius 1 is 1.07 bits per heavy atom. The number of nitrogens with one attached hydrogen (secondary N) is 1. The molecule has 9 nitrogen and oxygen atoms in total. The van der Waals surface area contributed by atoms with E-state index in [-0.39, 0.29) is 44.5 Å². The Labute approximate surface area is 228 Å². The van der Waals surface area contributed by atoms with Gasteiger partial charge in [0.05, 0.1) is 18.6 Å². The van der Waals surface area contributed by atoms with Crippen molar-refractivity contribution in [3.63, 3.8) is 0 Å². The average Bonchev–Trinajstić information content (AvgIpc) is 3.68. The topological polar surface area (TPSA) is 130 Å². The van der Waals surface area contributed by atoms with E-state index in [9.17, 15) is 22.8 Å². The largest absolute Gasteiger partial charge is 0.494 e. The Hall–Kier alpha value is -4.78. The van der Waals surface area contributed by atoms with E-state index < -0.39 is 23.7 Å². The van der Waals surface area contributed by atoms with Crippen LogP contribution in [0.4, 0.5) is 18.9 Å². The molecule has 0 radical (unpaired) electrons. The number of rotatable bonds is 9. The van der Waals surface area contributed by atoms with Crippen molar-refractivity contribution in [3.05, 3.63) is 83.0 Å². The number of nitrogens with zero attached hydrogens (tertiary/aromatic N) is 1. The first kappa shape index (κ1) is 26.8. The molecule has 5 aromatic rings. The van der Waals surface area contributed by atoms with E-state index in [4.69, 9.17) is 24.0 Å². The second-order valence-electron chi connectivity index (χ2n) is 8.29. The summed E-state index contributed by atoms with van der Waals surface area (Å²) in [5, 5.41) is 2.63. The fourth-order valence-corrected chi connectivity index (χ4v) is 4.88. The van der Waals surface area contributed by atoms with Crippen LogP contribution in [0.15, 0.2) is 69.7 Å². The van der Waals surface area contributed by atoms with E-state index >= 15 is 0 Å². The second kappa shape index (κ2) is 10.8. The van der Waals surface area contributed by atoms with Gasteiger partial charge in [-0.05, 0) is 61.5 Å². The number of primary amides is 1. The number of fused-ring (bicyclic) bond motifs is 1. The standard InChI is InChI=1S/C27H20F3N3O6S/c1-2-36-14-5-7-15(8-6-14)38-13-16-9-10-19(39-16)25(35)33-22-21-17(18-4-3-11-37-18)12-20(27(28,29)30)32-26(21)40-23(22)24(31)34/h3-12H,2,13H2,1H3,(H2,31,34)(H,33,35). The third kappa shape index (κ3) is 5.50. The normalized spacial score (nSPS) is 11.5. The van der Waals surface area contributed by atoms with Crippen LogP contribution in [0.5, 0.6) is 11.5 Å². The molecule has 5 rings (SSSR count). The summed E-state index contributed by atoms with van der Waals surface area (Å²) >= 11 is 0.624. The molecule has 206 valence electrons. The number of anilines is 1. The van der Waals surface area contributed by atoms with Crippen molar-refractivity contribution in [1.82, 2.24) is 4.98 Å². The van der Waals surface area contributed by atoms with Crippen LogP contribution in [0.1, 0.15) is 38.6 Å². The molecule has 13 heteroatoms. The highest BCUT2D eigenvalue weighted by molar-refractivity contribution is 7.21. The number of amides is 2. The number of hydrogen-bond donors (Lipinski definition) is 2. The van der Waals surface area contributed by atoms with E-state index in [0.717, 1.165) is 6.07 Å². The van der Waals surface area contributed by atoms with Crippen molar-refractivity contribution in [2.24, 2.45) is 5.73 Å². The summed E-state index contributed by atoms with van der Waals surface area (Å²) in [6.45, 7) is 2.43. The summed E-state index contributed by atoms with van der Waals surface area (Å²) in [6.07, 6.45) is -3.48. The van der Waals surface area contributed by atoms with Gasteiger partial charge in [0.1, 0.15) is 45.0 Å². The van der Waals surface area contributed by atoms with E-state index in [2.05, 4.69) is 10.3 Å². The van der Waals surface area contributed by atoms with Crippen LogP contribution in [0.3, 0.4) is 0 Å². The number of carbonyl (C=O) groups is 2. The summed E-state index contributed by atoms with van der Waals surface area (Å²) in [7, 11) is 0. The predicted octanol–water partition coefficient (Wildman–Crippen LogP) is 6.50. The zero-order chi connectivity index (χ0) is 28.4. The van der Waals surface area contributed by atoms with Gasteiger partial charge in [0.15, 0.2) is 5.76 Å². The summed E-state index contributed by atoms with van der Waals surface area (Å²) in [4.78, 5) is 28.7. The first-order valence-corrected chi connectivity index (χ1v) is 12.6. The van der Waals surface area contributed by atoms with Crippen LogP contribution in [0, 0.1) is 0 Å². The monoisotopic (exact) mass is 571 g/mol. The van der Waals surface area contributed by atoms with E-state index in [0.29, 0.717) is 35.2 Å². The van der Waals surface area contributed by atoms with Gasteiger partial charge >= 0.3 is 6.18 Å². The first-order chi connectivity index (χ1) is 19.1. The molecule has 0 spiro atoms. The van der Waals surface area contributed by atoms with Gasteiger partial charge in [-0.3, -0.25) is 9.59 Å². The maximum absolute atomic E-state index is 13.6. The van der Waals surface area contributed by atoms with Crippen LogP contribution >= 0.6 is 11.3 Å². The van der Waals surface area contributed by atoms with Crippen molar-refractivity contribution in [2.75, 3.05) is 11.9 Å². The maximum atomic E-state index is 13.6. The van der Waals surface area contributed by atoms with Crippen molar-refractivity contribution in [3.8, 4) is 22.8 Å². The molecule has 1 aromatic carbocycles. The Morgan fingerprint density at radius 3 is 2.42 bits per heavy atom. The highest BCUT2D eigenvalue weighted by Crippen LogP contribution is 2.43. The first-order valence-electron chi connectivity index (χ1n) is 11.8. The van der Waals surface area contributed by atoms with Gasteiger partial charge in [-0.25, -0.2) is 4.98 Å². The molecular weight excluding hydrogens is 551 g/mol. The molecule has 0 fully saturated rings. The number of thiophene rings is 1. The summed E-state index contributed by atoms with van der Waals surface area (Å²) in [5.74, 6) is -0.188. The molecule has 0 unspecified atom stereocenters. The molecule has 0 aliphatic heterocycles. The van der Waals surface area contributed by atoms with Gasteiger partial charge in [-0.15, -0.1) is 11.3 Å². The smallest absolute Gasteiger partial charge is 0.433 e. The van der Waals surface area contributed by atoms with E-state index in [1.54, 1.807) is 24.3 Å². The van der Waals surface area contributed by atoms with Gasteiger partial charge < -0.3 is 29.4 Å². The van der Waals surface area contributed by atoms with Gasteiger partial charge in [-0.1, -0.05) is 0 Å². The molecule has 4 aromatic heterocycles. The lowest BCUT2D eigenvalue weighted by molar-refractivity contribution is -0.140. The van der Waals surface area contributed by atoms with E-state index in [1.807, 2.05) is 6.92 Å². The zero-order valence-electron chi connectivity index (χ0n) is 20.7. The fourth-order valence-electron chi connectivity index (χ4n) is 3.87. The Morgan fingerprint density at radius 2 is 1.80 bits per heavy atom. The third-order valence-corrected chi connectivity index (χ3v) is 6.70. The Balaban J connectivity index is 1.43. The number of halogens is 3. The number of pyridine rings is 1. The van der Waals surface area contributed by atoms with Crippen LogP contribution in [-0.2, 0) is 12.8 Å². The molecule has 2 amide bonds. The molecule has 3 N–H and O–H groups in total. The van der Waals surface area contributed by atoms with Crippen LogP contribution < -0.4 is 20.5 Å². The number of hydrogen-bond acceptors (Lipinski definition) is 8. The SMILES string of the molecule is CCOc1ccc(OCc2ccc(C(=O)Nc3c(C(N)=O)sc4nc(C(F)(F)F)cc(-c5ccco5)c34)o2)cc1. The number of nitrogens with two attached hydrogens (primary N) is 1. The minimum absolute atomic E-state index is 0.0158. The van der Waals surface area contributed by atoms with Crippen molar-refractivity contribution in [1.29, 1.82) is 0 Å². The maximum Gasteiger partial charge on any atom is 0.433 e. The van der Waals surface area contributed by atoms with Gasteiger partial charge in [0.25, 0.3) is 11.8 Å². The number of benzene rings is 1. The molecule has 0 saturated heterocycles. The molecule has 0 bridgehead atoms. The lowest BCUT2D eigenvalue weighted by Crippen LogP contribution is -2.16. The fraction of sp³-hybridized carbons (Fsp3) is 0.148. The van der Waals surface area contributed by atoms with Gasteiger partial charge in [-0.2, -0.15) is 13.2 Å². The third-order valence-electron chi connectivity index (χ3n) is 5.60. The predicted molar refractivity (Wildman–Crippen MR) is 139 cm³/mol. The lowest BCUT2D eigenvalue weighted by Gasteiger charge is -2.10. The zero-order valence-corrected chi connectivity index (χ0v) is 21.5. The number of furan rings is 2. The minimum Gasteiger partial charge on any atom is -0.494 e. The van der Waals surface area contributed by atoms with Crippen molar-refractivity contribution >= 4 is 39.1 Å². The highest BCUT2D eigenvalue weighted by atomic mass is 32.1. The summed E-state index contributed by atoms with van der Waals surface area (Å²) < 4.78 is 62.7. The number of aromatic nitrogens is 1. The van der Waals surface area contributed by atoms with Crippen molar-refractivity contribution < 1.29 is 41.1 Å². The van der Waals surface area contributed by atoms with Gasteiger partial charge in [0.2, 0.25) is 0 Å². The molecule has 0 aliphatic rings. The second-order valence-corrected chi connectivity index (χ2v) is 9.29. The number of carbonyl (C=O) groups excluding carboxylic acids is 2. The molecule has 0 saturated carbocycles. The van der Waals surface area contributed by atoms with Gasteiger partial charge in [0, 0.05) is 10.9 Å². The Bertz CT molecular complexity index is 1670. The average molecular weight is 572 g/mol. The molecule has 40 heavy (non-hydrogen) atoms. The van der Waals surface area contributed by atoms with Crippen molar-refractivity contribution in [2.45, 2.75) is 19.7 Å². The highest BCUT2D eigenvalue weighted by Gasteiger charge is 2.35. The van der Waals surface area contributed by atoms with E-state index in [1.165, 1.54) is 30.5 Å². The molecule has 0 aliphatic carbocycles. The molecular formula is C27H20F3N3O6S. The van der Waals surface area contributed by atoms with Crippen LogP contribution in [-0.4, -0.2) is 23.4 Å². The van der Waals surface area contributed by atoms with Crippen LogP contribution in [0.2, 0.25) is 0 Å². The quantitative estimate of drug-likeness (QED) is 0.207. The van der Waals surface area contributed by atoms with Crippen LogP contribution in [0.25, 0.3) is 21.5 Å². The molecule has 4 heterocycles.